The van der Waals surface area contributed by atoms with Gasteiger partial charge in [0.05, 0.1) is 22.4 Å². The van der Waals surface area contributed by atoms with Gasteiger partial charge in [-0.15, -0.1) is 0 Å². The van der Waals surface area contributed by atoms with E-state index in [2.05, 4.69) is 9.98 Å². The number of dihydropyridines is 1. The first kappa shape index (κ1) is 13.9. The van der Waals surface area contributed by atoms with Gasteiger partial charge in [-0.25, -0.2) is 15.0 Å². The number of hydrogen-bond donors (Lipinski definition) is 1. The summed E-state index contributed by atoms with van der Waals surface area (Å²) >= 11 is 5.92. The molecule has 0 saturated carbocycles. The van der Waals surface area contributed by atoms with E-state index in [0.717, 1.165) is 11.1 Å². The number of aliphatic imine (C=N–C) groups is 2. The quantitative estimate of drug-likeness (QED) is 0.747. The van der Waals surface area contributed by atoms with Crippen molar-refractivity contribution in [1.82, 2.24) is 5.06 Å². The molecule has 21 heavy (non-hydrogen) atoms. The summed E-state index contributed by atoms with van der Waals surface area (Å²) < 4.78 is 43.2. The zero-order chi connectivity index (χ0) is 15.2. The van der Waals surface area contributed by atoms with Gasteiger partial charge in [0.2, 0.25) is 12.1 Å². The summed E-state index contributed by atoms with van der Waals surface area (Å²) in [7, 11) is 0. The fourth-order valence-electron chi connectivity index (χ4n) is 1.83. The summed E-state index contributed by atoms with van der Waals surface area (Å²) in [5, 5.41) is 10.1. The van der Waals surface area contributed by atoms with Gasteiger partial charge in [0.15, 0.2) is 0 Å². The molecule has 0 fully saturated rings. The molecule has 0 aromatic carbocycles. The van der Waals surface area contributed by atoms with Crippen LogP contribution in [0.3, 0.4) is 0 Å². The third-order valence-corrected chi connectivity index (χ3v) is 3.12. The maximum absolute atomic E-state index is 12.6. The second-order valence-corrected chi connectivity index (χ2v) is 4.68. The molecular formula is C12H7ClF3N3O2. The average molecular weight is 318 g/mol. The molecule has 110 valence electrons. The summed E-state index contributed by atoms with van der Waals surface area (Å²) in [6.45, 7) is 0. The number of nitrogens with zero attached hydrogens (tertiary/aromatic N) is 3. The van der Waals surface area contributed by atoms with Gasteiger partial charge in [-0.1, -0.05) is 11.6 Å². The average Bonchev–Trinajstić information content (AvgIpc) is 2.79. The normalized spacial score (nSPS) is 28.0. The van der Waals surface area contributed by atoms with Crippen molar-refractivity contribution in [2.75, 3.05) is 0 Å². The smallest absolute Gasteiger partial charge is 0.417 e. The third kappa shape index (κ3) is 2.59. The zero-order valence-electron chi connectivity index (χ0n) is 10.2. The van der Waals surface area contributed by atoms with E-state index in [-0.39, 0.29) is 16.6 Å². The fourth-order valence-corrected chi connectivity index (χ4v) is 2.08. The predicted octanol–water partition coefficient (Wildman–Crippen LogP) is 2.87. The van der Waals surface area contributed by atoms with Crippen LogP contribution in [0.1, 0.15) is 0 Å². The molecule has 0 aromatic heterocycles. The van der Waals surface area contributed by atoms with Crippen molar-refractivity contribution in [2.45, 2.75) is 12.4 Å². The Balaban J connectivity index is 1.97. The molecule has 9 heteroatoms. The molecule has 3 aliphatic rings. The second-order valence-electron chi connectivity index (χ2n) is 4.27. The lowest BCUT2D eigenvalue weighted by molar-refractivity contribution is -0.0856. The Bertz CT molecular complexity index is 674. The van der Waals surface area contributed by atoms with Crippen molar-refractivity contribution in [3.05, 3.63) is 46.6 Å². The maximum atomic E-state index is 12.6. The highest BCUT2D eigenvalue weighted by Crippen LogP contribution is 2.33. The molecule has 0 aliphatic carbocycles. The van der Waals surface area contributed by atoms with E-state index in [4.69, 9.17) is 16.3 Å². The van der Waals surface area contributed by atoms with Gasteiger partial charge in [-0.2, -0.15) is 13.2 Å². The van der Waals surface area contributed by atoms with Crippen LogP contribution in [0.4, 0.5) is 13.2 Å². The Hall–Kier alpha value is -2.06. The summed E-state index contributed by atoms with van der Waals surface area (Å²) in [5.74, 6) is 0.0532. The van der Waals surface area contributed by atoms with E-state index in [0.29, 0.717) is 11.8 Å². The number of ether oxygens (including phenoxy) is 1. The highest BCUT2D eigenvalue weighted by Gasteiger charge is 2.38. The van der Waals surface area contributed by atoms with Gasteiger partial charge in [0.25, 0.3) is 0 Å². The predicted molar refractivity (Wildman–Crippen MR) is 68.7 cm³/mol. The molecule has 0 spiro atoms. The van der Waals surface area contributed by atoms with E-state index in [1.54, 1.807) is 0 Å². The summed E-state index contributed by atoms with van der Waals surface area (Å²) in [6, 6.07) is 0. The van der Waals surface area contributed by atoms with E-state index in [1.165, 1.54) is 18.5 Å². The minimum Gasteiger partial charge on any atom is -0.445 e. The lowest BCUT2D eigenvalue weighted by atomic mass is 10.1. The summed E-state index contributed by atoms with van der Waals surface area (Å²) in [4.78, 5) is 7.66. The first-order chi connectivity index (χ1) is 9.84. The molecule has 0 bridgehead atoms. The molecule has 3 heterocycles. The monoisotopic (exact) mass is 317 g/mol. The largest absolute Gasteiger partial charge is 0.445 e. The standard InChI is InChI=1S/C12H7ClF3N3O2/c13-8-5-19(20)2-1-7(8)10-18-9-3-6(12(14,15)16)4-17-11(9)21-10/h1-5,11,20H. The molecular weight excluding hydrogens is 311 g/mol. The highest BCUT2D eigenvalue weighted by molar-refractivity contribution is 6.32. The van der Waals surface area contributed by atoms with Crippen molar-refractivity contribution in [3.63, 3.8) is 0 Å². The third-order valence-electron chi connectivity index (χ3n) is 2.81. The number of alkyl halides is 3. The van der Waals surface area contributed by atoms with Gasteiger partial charge >= 0.3 is 6.18 Å². The number of fused-ring (bicyclic) bond motifs is 1. The maximum Gasteiger partial charge on any atom is 0.417 e. The fraction of sp³-hybridized carbons (Fsp3) is 0.167. The number of hydrogen-bond acceptors (Lipinski definition) is 5. The minimum absolute atomic E-state index is 0.0524. The van der Waals surface area contributed by atoms with E-state index in [1.807, 2.05) is 0 Å². The molecule has 1 N–H and O–H groups in total. The molecule has 1 atom stereocenters. The van der Waals surface area contributed by atoms with E-state index in [9.17, 15) is 18.4 Å². The van der Waals surface area contributed by atoms with Crippen LogP contribution in [0.2, 0.25) is 0 Å². The highest BCUT2D eigenvalue weighted by atomic mass is 35.5. The summed E-state index contributed by atoms with van der Waals surface area (Å²) in [5.41, 5.74) is -0.493. The van der Waals surface area contributed by atoms with Crippen molar-refractivity contribution in [3.8, 4) is 0 Å². The van der Waals surface area contributed by atoms with Crippen LogP contribution in [-0.4, -0.2) is 34.6 Å². The number of allylic oxidation sites excluding steroid dienone is 4. The van der Waals surface area contributed by atoms with Crippen LogP contribution in [0.15, 0.2) is 56.6 Å². The zero-order valence-corrected chi connectivity index (χ0v) is 10.9. The molecule has 0 saturated heterocycles. The van der Waals surface area contributed by atoms with Gasteiger partial charge in [0.1, 0.15) is 5.71 Å². The number of rotatable bonds is 0. The van der Waals surface area contributed by atoms with Crippen molar-refractivity contribution < 1.29 is 23.1 Å². The van der Waals surface area contributed by atoms with Crippen molar-refractivity contribution in [1.29, 1.82) is 0 Å². The SMILES string of the molecule is ON1C=CC(=C2N=C3C=C(C(F)(F)F)C=NC3O2)C(Cl)=C1. The Morgan fingerprint density at radius 3 is 2.81 bits per heavy atom. The van der Waals surface area contributed by atoms with Crippen molar-refractivity contribution in [2.24, 2.45) is 9.98 Å². The van der Waals surface area contributed by atoms with Gasteiger partial charge in [0, 0.05) is 12.4 Å². The lowest BCUT2D eigenvalue weighted by Crippen LogP contribution is -2.24. The van der Waals surface area contributed by atoms with Crippen LogP contribution < -0.4 is 0 Å². The first-order valence-electron chi connectivity index (χ1n) is 5.69. The topological polar surface area (TPSA) is 57.4 Å². The van der Waals surface area contributed by atoms with Gasteiger partial charge in [-0.05, 0) is 12.2 Å². The van der Waals surface area contributed by atoms with E-state index >= 15 is 0 Å². The molecule has 0 aromatic rings. The number of halogens is 4. The Labute approximate surface area is 121 Å². The Morgan fingerprint density at radius 2 is 2.14 bits per heavy atom. The number of hydroxylamine groups is 2. The van der Waals surface area contributed by atoms with Crippen LogP contribution >= 0.6 is 11.6 Å². The van der Waals surface area contributed by atoms with Gasteiger partial charge in [-0.3, -0.25) is 5.21 Å². The lowest BCUT2D eigenvalue weighted by Gasteiger charge is -2.15. The van der Waals surface area contributed by atoms with Crippen molar-refractivity contribution >= 4 is 23.5 Å². The van der Waals surface area contributed by atoms with E-state index < -0.39 is 18.0 Å². The first-order valence-corrected chi connectivity index (χ1v) is 6.07. The molecule has 5 nitrogen and oxygen atoms in total. The van der Waals surface area contributed by atoms with Crippen LogP contribution in [-0.2, 0) is 4.74 Å². The van der Waals surface area contributed by atoms with Crippen LogP contribution in [0.25, 0.3) is 0 Å². The second kappa shape index (κ2) is 4.74. The van der Waals surface area contributed by atoms with Crippen LogP contribution in [0, 0.1) is 0 Å². The molecule has 3 rings (SSSR count). The molecule has 3 aliphatic heterocycles. The molecule has 0 radical (unpaired) electrons. The Kier molecular flexibility index (Phi) is 3.14. The van der Waals surface area contributed by atoms with Gasteiger partial charge < -0.3 is 4.74 Å². The molecule has 0 amide bonds. The minimum atomic E-state index is -4.49. The van der Waals surface area contributed by atoms with Crippen LogP contribution in [0.5, 0.6) is 0 Å². The Morgan fingerprint density at radius 1 is 1.38 bits per heavy atom. The summed E-state index contributed by atoms with van der Waals surface area (Å²) in [6.07, 6.45) is 0.109. The molecule has 1 unspecified atom stereocenters.